The van der Waals surface area contributed by atoms with E-state index in [4.69, 9.17) is 23.1 Å². The van der Waals surface area contributed by atoms with E-state index in [-0.39, 0.29) is 86.7 Å². The number of hydrogen-bond acceptors (Lipinski definition) is 5. The molecule has 4 N–H and O–H groups in total. The van der Waals surface area contributed by atoms with Gasteiger partial charge in [-0.15, -0.1) is 6.04 Å². The van der Waals surface area contributed by atoms with Gasteiger partial charge in [-0.05, 0) is 31.6 Å². The van der Waals surface area contributed by atoms with E-state index in [0.717, 1.165) is 43.2 Å². The van der Waals surface area contributed by atoms with Crippen LogP contribution in [0.4, 0.5) is 4.39 Å². The van der Waals surface area contributed by atoms with Crippen LogP contribution in [-0.2, 0) is 9.59 Å². The van der Waals surface area contributed by atoms with E-state index >= 15 is 0 Å². The fourth-order valence-corrected chi connectivity index (χ4v) is 4.31. The number of hydrogen-bond donors (Lipinski definition) is 2. The summed E-state index contributed by atoms with van der Waals surface area (Å²) in [5.74, 6) is -1.01. The van der Waals surface area contributed by atoms with Crippen LogP contribution < -0.4 is 62.9 Å². The Bertz CT molecular complexity index is 1030. The summed E-state index contributed by atoms with van der Waals surface area (Å²) in [5, 5.41) is 4.83. The number of aliphatic imine (C=N–C) groups is 1. The van der Waals surface area contributed by atoms with Crippen LogP contribution in [0.25, 0.3) is 5.32 Å². The van der Waals surface area contributed by atoms with Crippen LogP contribution in [0, 0.1) is 5.82 Å². The van der Waals surface area contributed by atoms with E-state index in [1.807, 2.05) is 27.0 Å². The van der Waals surface area contributed by atoms with Gasteiger partial charge in [-0.25, -0.2) is 4.39 Å². The summed E-state index contributed by atoms with van der Waals surface area (Å²) in [7, 11) is 2.06. The van der Waals surface area contributed by atoms with Gasteiger partial charge in [-0.3, -0.25) is 14.3 Å². The van der Waals surface area contributed by atoms with Gasteiger partial charge < -0.3 is 26.5 Å². The molecule has 8 nitrogen and oxygen atoms in total. The van der Waals surface area contributed by atoms with Crippen LogP contribution in [0.1, 0.15) is 45.2 Å². The summed E-state index contributed by atoms with van der Waals surface area (Å²) in [6, 6.07) is 4.93. The largest absolute Gasteiger partial charge is 1.00 e. The molecule has 198 valence electrons. The Morgan fingerprint density at radius 1 is 1.35 bits per heavy atom. The molecule has 3 heterocycles. The van der Waals surface area contributed by atoms with Crippen LogP contribution in [-0.4, -0.2) is 73.2 Å². The number of likely N-dealkylation sites (tertiary alicyclic amines) is 1. The SMILES string of the molecule is CC.CC([N-]C1CCCN1C)c1cccc(Cl)c1F.NC(=O)/C(N)=C1\C=C[N+]2(CC2)CC1=NCC=O.[K+]. The van der Waals surface area contributed by atoms with Gasteiger partial charge in [0.15, 0.2) is 0 Å². The van der Waals surface area contributed by atoms with Crippen molar-refractivity contribution in [3.8, 4) is 0 Å². The summed E-state index contributed by atoms with van der Waals surface area (Å²) >= 11 is 5.78. The maximum Gasteiger partial charge on any atom is 1.00 e. The normalized spacial score (nSPS) is 22.6. The first-order chi connectivity index (χ1) is 17.2. The Labute approximate surface area is 267 Å². The van der Waals surface area contributed by atoms with Crippen LogP contribution in [0.3, 0.4) is 0 Å². The summed E-state index contributed by atoms with van der Waals surface area (Å²) < 4.78 is 14.6. The van der Waals surface area contributed by atoms with Crippen molar-refractivity contribution in [2.75, 3.05) is 39.8 Å². The van der Waals surface area contributed by atoms with Gasteiger partial charge in [0.25, 0.3) is 5.91 Å². The van der Waals surface area contributed by atoms with Gasteiger partial charge in [0.1, 0.15) is 37.4 Å². The minimum atomic E-state index is -0.664. The minimum Gasteiger partial charge on any atom is -0.641 e. The monoisotopic (exact) mass is 559 g/mol. The topological polar surface area (TPSA) is 116 Å². The molecule has 2 fully saturated rings. The Balaban J connectivity index is 0.000000338. The quantitative estimate of drug-likeness (QED) is 0.175. The molecule has 0 bridgehead atoms. The zero-order valence-corrected chi connectivity index (χ0v) is 26.5. The maximum atomic E-state index is 13.8. The molecule has 1 aromatic rings. The number of rotatable bonds is 6. The van der Waals surface area contributed by atoms with Crippen LogP contribution in [0.5, 0.6) is 0 Å². The fourth-order valence-electron chi connectivity index (χ4n) is 4.12. The van der Waals surface area contributed by atoms with Crippen LogP contribution in [0.15, 0.2) is 46.7 Å². The number of aldehydes is 1. The Morgan fingerprint density at radius 3 is 2.57 bits per heavy atom. The predicted molar refractivity (Wildman–Crippen MR) is 143 cm³/mol. The molecular formula is C26H38ClFKN6O2+. The summed E-state index contributed by atoms with van der Waals surface area (Å²) in [6.07, 6.45) is 6.93. The third-order valence-corrected chi connectivity index (χ3v) is 6.64. The van der Waals surface area contributed by atoms with Gasteiger partial charge in [-0.2, -0.15) is 0 Å². The second-order valence-electron chi connectivity index (χ2n) is 8.86. The number of primary amides is 1. The van der Waals surface area contributed by atoms with Gasteiger partial charge in [0, 0.05) is 11.6 Å². The molecule has 3 aliphatic heterocycles. The first-order valence-electron chi connectivity index (χ1n) is 12.3. The van der Waals surface area contributed by atoms with Crippen molar-refractivity contribution >= 4 is 29.5 Å². The molecule has 2 unspecified atom stereocenters. The van der Waals surface area contributed by atoms with E-state index in [1.165, 1.54) is 0 Å². The average Bonchev–Trinajstić information content (AvgIpc) is 3.50. The Hall–Kier alpha value is -0.954. The third-order valence-electron chi connectivity index (χ3n) is 6.35. The van der Waals surface area contributed by atoms with E-state index in [0.29, 0.717) is 23.4 Å². The smallest absolute Gasteiger partial charge is 0.641 e. The van der Waals surface area contributed by atoms with E-state index < -0.39 is 5.91 Å². The number of amides is 1. The molecule has 0 aromatic heterocycles. The molecule has 0 saturated carbocycles. The average molecular weight is 560 g/mol. The van der Waals surface area contributed by atoms with Crippen molar-refractivity contribution in [2.24, 2.45) is 16.5 Å². The molecule has 0 aliphatic carbocycles. The third kappa shape index (κ3) is 9.63. The molecule has 37 heavy (non-hydrogen) atoms. The number of nitrogens with zero attached hydrogens (tertiary/aromatic N) is 4. The first kappa shape index (κ1) is 34.1. The fraction of sp³-hybridized carbons (Fsp3) is 0.500. The standard InChI is InChI=1S/C13H17ClFN2.C11H14N4O2.C2H6.K/c1-9(16-12-7-4-8-17(12)2)10-5-3-6-11(14)13(10)15;12-10(11(13)17)8-1-3-15(4-5-15)7-9(8)14-2-6-16;1-2;/h3,5-6,9,12H,4,7-8H2,1-2H3;1,3,6H,2,4-5,7H2,(H3-,12,13,14,17);1-2H3;/q-1;;;+1/p+1. The van der Waals surface area contributed by atoms with Crippen LogP contribution >= 0.6 is 11.6 Å². The van der Waals surface area contributed by atoms with Gasteiger partial charge in [0.05, 0.1) is 23.5 Å². The number of carbonyl (C=O) groups excluding carboxylic acids is 2. The number of carbonyl (C=O) groups is 2. The molecule has 1 aromatic carbocycles. The molecular weight excluding hydrogens is 522 g/mol. The summed E-state index contributed by atoms with van der Waals surface area (Å²) in [6.45, 7) is 9.85. The molecule has 2 saturated heterocycles. The summed E-state index contributed by atoms with van der Waals surface area (Å²) in [4.78, 5) is 27.8. The number of halogens is 2. The van der Waals surface area contributed by atoms with Gasteiger partial charge >= 0.3 is 51.4 Å². The van der Waals surface area contributed by atoms with Crippen molar-refractivity contribution in [1.29, 1.82) is 0 Å². The first-order valence-corrected chi connectivity index (χ1v) is 12.7. The van der Waals surface area contributed by atoms with E-state index in [9.17, 15) is 14.0 Å². The predicted octanol–water partition coefficient (Wildman–Crippen LogP) is 0.678. The number of nitrogens with two attached hydrogens (primary N) is 2. The zero-order chi connectivity index (χ0) is 26.9. The van der Waals surface area contributed by atoms with Crippen molar-refractivity contribution < 1.29 is 69.8 Å². The second kappa shape index (κ2) is 16.2. The molecule has 3 aliphatic rings. The van der Waals surface area contributed by atoms with Gasteiger partial charge in [-0.1, -0.05) is 57.1 Å². The molecule has 0 radical (unpaired) electrons. The zero-order valence-electron chi connectivity index (χ0n) is 22.6. The molecule has 11 heteroatoms. The Kier molecular flexibility index (Phi) is 14.9. The van der Waals surface area contributed by atoms with E-state index in [1.54, 1.807) is 24.3 Å². The Morgan fingerprint density at radius 2 is 2.03 bits per heavy atom. The summed E-state index contributed by atoms with van der Waals surface area (Å²) in [5.41, 5.74) is 12.6. The number of benzene rings is 1. The van der Waals surface area contributed by atoms with Crippen molar-refractivity contribution in [3.63, 3.8) is 0 Å². The van der Waals surface area contributed by atoms with Crippen LogP contribution in [0.2, 0.25) is 5.02 Å². The molecule has 1 amide bonds. The number of quaternary nitrogens is 1. The number of allylic oxidation sites excluding steroid dienone is 1. The molecule has 1 spiro atoms. The van der Waals surface area contributed by atoms with Crippen molar-refractivity contribution in [1.82, 2.24) is 4.90 Å². The maximum absolute atomic E-state index is 13.8. The van der Waals surface area contributed by atoms with E-state index in [2.05, 4.69) is 22.3 Å². The molecule has 2 atom stereocenters. The minimum absolute atomic E-state index is 0. The second-order valence-corrected chi connectivity index (χ2v) is 9.26. The van der Waals surface area contributed by atoms with Gasteiger partial charge in [0.2, 0.25) is 0 Å². The van der Waals surface area contributed by atoms with Crippen molar-refractivity contribution in [2.45, 2.75) is 45.8 Å². The van der Waals surface area contributed by atoms with Crippen molar-refractivity contribution in [3.05, 3.63) is 63.5 Å². The molecule has 4 rings (SSSR count).